The van der Waals surface area contributed by atoms with Crippen LogP contribution in [-0.4, -0.2) is 111 Å². The smallest absolute Gasteiger partial charge is 0.326 e. The van der Waals surface area contributed by atoms with Crippen molar-refractivity contribution in [2.45, 2.75) is 129 Å². The molecule has 0 unspecified atom stereocenters. The molecule has 0 aromatic heterocycles. The molecule has 13 N–H and O–H groups in total. The molecule has 0 bridgehead atoms. The molecule has 0 spiro atoms. The fourth-order valence-electron chi connectivity index (χ4n) is 5.25. The largest absolute Gasteiger partial charge is 0.508 e. The number of nitrogens with two attached hydrogens (primary N) is 2. The number of aliphatic carboxylic acids is 1. The van der Waals surface area contributed by atoms with E-state index in [4.69, 9.17) is 11.5 Å². The second kappa shape index (κ2) is 22.6. The fraction of sp³-hybridized carbons (Fsp3) is 0.657. The number of phenols is 1. The summed E-state index contributed by atoms with van der Waals surface area (Å²) in [6, 6.07) is -1.86. The van der Waals surface area contributed by atoms with Gasteiger partial charge in [-0.3, -0.25) is 24.0 Å². The van der Waals surface area contributed by atoms with Gasteiger partial charge in [0, 0.05) is 0 Å². The molecule has 0 saturated carbocycles. The van der Waals surface area contributed by atoms with Crippen molar-refractivity contribution in [3.63, 3.8) is 0 Å². The number of hydrogen-bond acceptors (Lipinski definition) is 11. The van der Waals surface area contributed by atoms with Gasteiger partial charge in [-0.25, -0.2) is 4.79 Å². The van der Waals surface area contributed by atoms with Gasteiger partial charge >= 0.3 is 5.97 Å². The molecule has 0 radical (unpaired) electrons. The molecule has 1 rings (SSSR count). The third-order valence-electron chi connectivity index (χ3n) is 8.10. The van der Waals surface area contributed by atoms with E-state index >= 15 is 0 Å². The third-order valence-corrected chi connectivity index (χ3v) is 8.10. The third kappa shape index (κ3) is 16.4. The first-order valence-electron chi connectivity index (χ1n) is 17.6. The Morgan fingerprint density at radius 3 is 1.50 bits per heavy atom. The highest BCUT2D eigenvalue weighted by molar-refractivity contribution is 5.96. The molecule has 17 nitrogen and oxygen atoms in total. The van der Waals surface area contributed by atoms with Crippen LogP contribution in [-0.2, 0) is 35.2 Å². The highest BCUT2D eigenvalue weighted by atomic mass is 16.4. The minimum Gasteiger partial charge on any atom is -0.508 e. The number of benzene rings is 1. The van der Waals surface area contributed by atoms with Crippen LogP contribution >= 0.6 is 0 Å². The van der Waals surface area contributed by atoms with Crippen LogP contribution in [0.5, 0.6) is 5.75 Å². The van der Waals surface area contributed by atoms with E-state index < -0.39 is 84.0 Å². The van der Waals surface area contributed by atoms with Crippen LogP contribution < -0.4 is 38.1 Å². The summed E-state index contributed by atoms with van der Waals surface area (Å²) in [5, 5.41) is 52.3. The van der Waals surface area contributed by atoms with Gasteiger partial charge in [0.25, 0.3) is 0 Å². The first-order valence-corrected chi connectivity index (χ1v) is 17.6. The lowest BCUT2D eigenvalue weighted by atomic mass is 10.00. The average molecular weight is 738 g/mol. The summed E-state index contributed by atoms with van der Waals surface area (Å²) in [5.74, 6) is -5.69. The van der Waals surface area contributed by atoms with Crippen molar-refractivity contribution in [3.05, 3.63) is 29.8 Å². The van der Waals surface area contributed by atoms with E-state index in [0.29, 0.717) is 24.9 Å². The van der Waals surface area contributed by atoms with E-state index in [0.717, 1.165) is 0 Å². The number of hydrogen-bond donors (Lipinski definition) is 11. The topological polar surface area (TPSA) is 296 Å². The van der Waals surface area contributed by atoms with Crippen LogP contribution in [0.3, 0.4) is 0 Å². The van der Waals surface area contributed by atoms with Gasteiger partial charge < -0.3 is 58.5 Å². The lowest BCUT2D eigenvalue weighted by Crippen LogP contribution is -2.63. The lowest BCUT2D eigenvalue weighted by Gasteiger charge is -2.29. The number of unbranched alkanes of at least 4 members (excludes halogenated alkanes) is 1. The van der Waals surface area contributed by atoms with Crippen molar-refractivity contribution in [3.8, 4) is 5.75 Å². The molecule has 1 aromatic carbocycles. The van der Waals surface area contributed by atoms with Crippen LogP contribution in [0.25, 0.3) is 0 Å². The highest BCUT2D eigenvalue weighted by Gasteiger charge is 2.36. The summed E-state index contributed by atoms with van der Waals surface area (Å²) in [6.07, 6.45) is -1.54. The fourth-order valence-corrected chi connectivity index (χ4v) is 5.25. The number of aliphatic hydroxyl groups excluding tert-OH is 2. The zero-order valence-corrected chi connectivity index (χ0v) is 30.9. The Morgan fingerprint density at radius 1 is 0.635 bits per heavy atom. The van der Waals surface area contributed by atoms with Crippen LogP contribution in [0.4, 0.5) is 0 Å². The maximum atomic E-state index is 13.4. The first-order chi connectivity index (χ1) is 24.3. The number of aromatic hydroxyl groups is 1. The zero-order chi connectivity index (χ0) is 39.7. The SMILES string of the molecule is CC(C)C[C@H](NC(=O)[C@@H](NC(=O)[C@@H](NC(=O)[C@H](CC(C)C)NC(=O)[C@@H](N)Cc1ccc(O)cc1)[C@@H](C)O)[C@@H](C)O)C(=O)N[C@@H](CCCCN)C(=O)O. The van der Waals surface area contributed by atoms with Crippen molar-refractivity contribution in [2.75, 3.05) is 6.54 Å². The van der Waals surface area contributed by atoms with Crippen molar-refractivity contribution < 1.29 is 49.2 Å². The minimum absolute atomic E-state index is 0.0474. The van der Waals surface area contributed by atoms with Crippen molar-refractivity contribution >= 4 is 35.5 Å². The number of nitrogens with one attached hydrogen (secondary N) is 5. The van der Waals surface area contributed by atoms with E-state index in [-0.39, 0.29) is 43.3 Å². The van der Waals surface area contributed by atoms with Crippen LogP contribution in [0.15, 0.2) is 24.3 Å². The second-order valence-corrected chi connectivity index (χ2v) is 14.0. The Bertz CT molecular complexity index is 1320. The maximum absolute atomic E-state index is 13.4. The Labute approximate surface area is 305 Å². The monoisotopic (exact) mass is 737 g/mol. The number of phenolic OH excluding ortho intramolecular Hbond substituents is 1. The zero-order valence-electron chi connectivity index (χ0n) is 30.9. The summed E-state index contributed by atoms with van der Waals surface area (Å²) in [4.78, 5) is 78.2. The molecule has 294 valence electrons. The highest BCUT2D eigenvalue weighted by Crippen LogP contribution is 2.13. The van der Waals surface area contributed by atoms with Crippen LogP contribution in [0.2, 0.25) is 0 Å². The summed E-state index contributed by atoms with van der Waals surface area (Å²) in [5.41, 5.74) is 12.2. The molecular weight excluding hydrogens is 678 g/mol. The van der Waals surface area contributed by atoms with E-state index in [1.807, 2.05) is 13.8 Å². The predicted molar refractivity (Wildman–Crippen MR) is 192 cm³/mol. The number of rotatable bonds is 23. The van der Waals surface area contributed by atoms with E-state index in [1.54, 1.807) is 26.0 Å². The molecule has 1 aromatic rings. The number of carboxylic acid groups (broad SMARTS) is 1. The van der Waals surface area contributed by atoms with Crippen LogP contribution in [0, 0.1) is 11.8 Å². The van der Waals surface area contributed by atoms with Gasteiger partial charge in [0.15, 0.2) is 0 Å². The molecule has 0 heterocycles. The number of carbonyl (C=O) groups is 6. The quantitative estimate of drug-likeness (QED) is 0.0588. The molecule has 0 saturated heterocycles. The minimum atomic E-state index is -1.66. The van der Waals surface area contributed by atoms with Gasteiger partial charge in [0.05, 0.1) is 18.2 Å². The number of aliphatic hydroxyl groups is 2. The summed E-state index contributed by atoms with van der Waals surface area (Å²) >= 11 is 0. The summed E-state index contributed by atoms with van der Waals surface area (Å²) in [6.45, 7) is 9.97. The molecule has 0 fully saturated rings. The van der Waals surface area contributed by atoms with E-state index in [9.17, 15) is 49.2 Å². The predicted octanol–water partition coefficient (Wildman–Crippen LogP) is -1.25. The molecular formula is C35H59N7O10. The van der Waals surface area contributed by atoms with Gasteiger partial charge in [-0.05, 0) is 88.4 Å². The second-order valence-electron chi connectivity index (χ2n) is 14.0. The normalized spacial score (nSPS) is 16.0. The van der Waals surface area contributed by atoms with Crippen molar-refractivity contribution in [2.24, 2.45) is 23.3 Å². The number of amides is 5. The number of carbonyl (C=O) groups excluding carboxylic acids is 5. The Balaban J connectivity index is 3.11. The molecule has 5 amide bonds. The number of carboxylic acids is 1. The van der Waals surface area contributed by atoms with Gasteiger partial charge in [-0.15, -0.1) is 0 Å². The Kier molecular flexibility index (Phi) is 19.8. The van der Waals surface area contributed by atoms with Crippen molar-refractivity contribution in [1.29, 1.82) is 0 Å². The molecule has 17 heteroatoms. The average Bonchev–Trinajstić information content (AvgIpc) is 3.04. The summed E-state index contributed by atoms with van der Waals surface area (Å²) in [7, 11) is 0. The Hall–Kier alpha value is -4.32. The van der Waals surface area contributed by atoms with Gasteiger partial charge in [-0.2, -0.15) is 0 Å². The molecule has 0 aliphatic heterocycles. The van der Waals surface area contributed by atoms with E-state index in [2.05, 4.69) is 26.6 Å². The van der Waals surface area contributed by atoms with Gasteiger partial charge in [0.2, 0.25) is 29.5 Å². The van der Waals surface area contributed by atoms with Gasteiger partial charge in [-0.1, -0.05) is 39.8 Å². The van der Waals surface area contributed by atoms with Crippen molar-refractivity contribution in [1.82, 2.24) is 26.6 Å². The molecule has 0 aliphatic carbocycles. The lowest BCUT2D eigenvalue weighted by molar-refractivity contribution is -0.142. The molecule has 8 atom stereocenters. The standard InChI is InChI=1S/C35H59N7O10/c1-18(2)15-26(31(47)38-25(35(51)52)9-7-8-14-36)40-33(49)28(20(5)43)42-34(50)29(21(6)44)41-32(48)27(16-19(3)4)39-30(46)24(37)17-22-10-12-23(45)13-11-22/h10-13,18-21,24-29,43-45H,7-9,14-17,36-37H2,1-6H3,(H,38,47)(H,39,46)(H,40,49)(H,41,48)(H,42,50)(H,51,52)/t20-,21-,24+,25+,26+,27+,28+,29+/m1/s1. The van der Waals surface area contributed by atoms with E-state index in [1.165, 1.54) is 26.0 Å². The van der Waals surface area contributed by atoms with Gasteiger partial charge in [0.1, 0.15) is 36.0 Å². The molecule has 0 aliphatic rings. The maximum Gasteiger partial charge on any atom is 0.326 e. The van der Waals surface area contributed by atoms with Crippen LogP contribution in [0.1, 0.15) is 79.2 Å². The first kappa shape index (κ1) is 45.7. The summed E-state index contributed by atoms with van der Waals surface area (Å²) < 4.78 is 0. The Morgan fingerprint density at radius 2 is 1.06 bits per heavy atom. The molecule has 52 heavy (non-hydrogen) atoms.